The molecule has 0 fully saturated rings. The molecule has 0 aliphatic rings. The van der Waals surface area contributed by atoms with Crippen LogP contribution in [0.15, 0.2) is 33.6 Å². The highest BCUT2D eigenvalue weighted by atomic mass is 16.3. The molecule has 0 unspecified atom stereocenters. The second-order valence-corrected chi connectivity index (χ2v) is 3.32. The Balaban J connectivity index is 2.58. The summed E-state index contributed by atoms with van der Waals surface area (Å²) in [5.74, 6) is 0. The van der Waals surface area contributed by atoms with Crippen LogP contribution in [0.3, 0.4) is 0 Å². The molecule has 76 valence electrons. The summed E-state index contributed by atoms with van der Waals surface area (Å²) >= 11 is 0. The number of aromatic amines is 1. The highest BCUT2D eigenvalue weighted by Crippen LogP contribution is 2.24. The maximum absolute atomic E-state index is 11.4. The Bertz CT molecular complexity index is 792. The minimum absolute atomic E-state index is 0.0686. The number of H-pyrrole nitrogens is 1. The van der Waals surface area contributed by atoms with Gasteiger partial charge in [0.05, 0.1) is 0 Å². The first-order valence-corrected chi connectivity index (χ1v) is 4.60. The normalized spacial score (nSPS) is 10.7. The Morgan fingerprint density at radius 2 is 2.31 bits per heavy atom. The molecule has 0 amide bonds. The summed E-state index contributed by atoms with van der Waals surface area (Å²) < 4.78 is 5.36. The van der Waals surface area contributed by atoms with E-state index in [1.54, 1.807) is 12.3 Å². The lowest BCUT2D eigenvalue weighted by Crippen LogP contribution is -2.08. The molecule has 3 aromatic rings. The molecule has 5 heteroatoms. The molecular weight excluding hydrogens is 206 g/mol. The highest BCUT2D eigenvalue weighted by Gasteiger charge is 2.10. The molecule has 3 aromatic heterocycles. The van der Waals surface area contributed by atoms with Crippen LogP contribution in [0.4, 0.5) is 0 Å². The number of nitrogens with zero attached hydrogens (tertiary/aromatic N) is 2. The Morgan fingerprint density at radius 1 is 1.44 bits per heavy atom. The molecule has 0 saturated heterocycles. The van der Waals surface area contributed by atoms with Crippen LogP contribution in [0, 0.1) is 11.3 Å². The fourth-order valence-corrected chi connectivity index (χ4v) is 1.65. The van der Waals surface area contributed by atoms with Gasteiger partial charge in [-0.3, -0.25) is 9.78 Å². The number of rotatable bonds is 0. The number of fused-ring (bicyclic) bond motifs is 3. The van der Waals surface area contributed by atoms with Crippen molar-refractivity contribution in [3.63, 3.8) is 0 Å². The summed E-state index contributed by atoms with van der Waals surface area (Å²) in [6.45, 7) is 0. The number of furan rings is 1. The largest absolute Gasteiger partial charge is 0.421 e. The van der Waals surface area contributed by atoms with E-state index in [-0.39, 0.29) is 5.56 Å². The summed E-state index contributed by atoms with van der Waals surface area (Å²) in [5, 5.41) is 10.2. The third-order valence-corrected chi connectivity index (χ3v) is 2.39. The van der Waals surface area contributed by atoms with Gasteiger partial charge < -0.3 is 4.42 Å². The quantitative estimate of drug-likeness (QED) is 0.611. The first-order chi connectivity index (χ1) is 7.79. The zero-order valence-corrected chi connectivity index (χ0v) is 8.02. The number of hydrogen-bond acceptors (Lipinski definition) is 4. The highest BCUT2D eigenvalue weighted by molar-refractivity contribution is 6.02. The van der Waals surface area contributed by atoms with Crippen molar-refractivity contribution in [2.24, 2.45) is 0 Å². The number of pyridine rings is 2. The minimum atomic E-state index is -0.450. The SMILES string of the molecule is N#Cc1cc2c([nH]c1=O)oc1ncccc12. The maximum Gasteiger partial charge on any atom is 0.268 e. The van der Waals surface area contributed by atoms with Crippen LogP contribution in [-0.2, 0) is 0 Å². The molecule has 1 N–H and O–H groups in total. The van der Waals surface area contributed by atoms with Gasteiger partial charge in [-0.15, -0.1) is 0 Å². The monoisotopic (exact) mass is 211 g/mol. The molecule has 0 radical (unpaired) electrons. The number of nitrogens with one attached hydrogen (secondary N) is 1. The molecule has 0 aliphatic heterocycles. The predicted molar refractivity (Wildman–Crippen MR) is 56.9 cm³/mol. The average Bonchev–Trinajstić information content (AvgIpc) is 2.65. The van der Waals surface area contributed by atoms with Crippen molar-refractivity contribution in [3.8, 4) is 6.07 Å². The van der Waals surface area contributed by atoms with Gasteiger partial charge in [-0.2, -0.15) is 5.26 Å². The van der Waals surface area contributed by atoms with Crippen molar-refractivity contribution in [1.29, 1.82) is 5.26 Å². The Kier molecular flexibility index (Phi) is 1.59. The van der Waals surface area contributed by atoms with Crippen LogP contribution in [0.25, 0.3) is 22.2 Å². The fourth-order valence-electron chi connectivity index (χ4n) is 1.65. The van der Waals surface area contributed by atoms with E-state index in [1.807, 2.05) is 12.1 Å². The van der Waals surface area contributed by atoms with Crippen LogP contribution in [0.5, 0.6) is 0 Å². The molecule has 16 heavy (non-hydrogen) atoms. The Morgan fingerprint density at radius 3 is 3.12 bits per heavy atom. The van der Waals surface area contributed by atoms with Crippen LogP contribution in [-0.4, -0.2) is 9.97 Å². The molecule has 3 rings (SSSR count). The zero-order valence-electron chi connectivity index (χ0n) is 8.02. The lowest BCUT2D eigenvalue weighted by Gasteiger charge is -1.89. The minimum Gasteiger partial charge on any atom is -0.421 e. The Hall–Kier alpha value is -2.61. The van der Waals surface area contributed by atoms with Gasteiger partial charge in [-0.25, -0.2) is 4.98 Å². The second-order valence-electron chi connectivity index (χ2n) is 3.32. The standard InChI is InChI=1S/C11H5N3O2/c12-5-6-4-8-7-2-1-3-13-10(7)16-11(8)14-9(6)15/h1-4H,(H,14,15). The molecule has 0 spiro atoms. The molecular formula is C11H5N3O2. The second kappa shape index (κ2) is 2.94. The molecule has 3 heterocycles. The van der Waals surface area contributed by atoms with E-state index in [4.69, 9.17) is 9.68 Å². The van der Waals surface area contributed by atoms with Crippen molar-refractivity contribution in [2.75, 3.05) is 0 Å². The van der Waals surface area contributed by atoms with Gasteiger partial charge in [0.25, 0.3) is 5.56 Å². The van der Waals surface area contributed by atoms with Crippen molar-refractivity contribution in [3.05, 3.63) is 40.3 Å². The third-order valence-electron chi connectivity index (χ3n) is 2.39. The van der Waals surface area contributed by atoms with E-state index in [0.29, 0.717) is 16.8 Å². The summed E-state index contributed by atoms with van der Waals surface area (Å²) in [6.07, 6.45) is 1.61. The van der Waals surface area contributed by atoms with Gasteiger partial charge in [0.1, 0.15) is 11.6 Å². The van der Waals surface area contributed by atoms with E-state index in [0.717, 1.165) is 5.39 Å². The van der Waals surface area contributed by atoms with Crippen LogP contribution < -0.4 is 5.56 Å². The van der Waals surface area contributed by atoms with Crippen molar-refractivity contribution >= 4 is 22.2 Å². The number of aromatic nitrogens is 2. The van der Waals surface area contributed by atoms with Crippen LogP contribution >= 0.6 is 0 Å². The van der Waals surface area contributed by atoms with Gasteiger partial charge in [-0.05, 0) is 18.2 Å². The van der Waals surface area contributed by atoms with E-state index >= 15 is 0 Å². The average molecular weight is 211 g/mol. The van der Waals surface area contributed by atoms with Crippen LogP contribution in [0.2, 0.25) is 0 Å². The van der Waals surface area contributed by atoms with E-state index in [1.165, 1.54) is 6.07 Å². The van der Waals surface area contributed by atoms with E-state index < -0.39 is 5.56 Å². The first-order valence-electron chi connectivity index (χ1n) is 4.60. The van der Waals surface area contributed by atoms with Crippen molar-refractivity contribution in [1.82, 2.24) is 9.97 Å². The van der Waals surface area contributed by atoms with Crippen molar-refractivity contribution < 1.29 is 4.42 Å². The van der Waals surface area contributed by atoms with Crippen LogP contribution in [0.1, 0.15) is 5.56 Å². The fraction of sp³-hybridized carbons (Fsp3) is 0. The summed E-state index contributed by atoms with van der Waals surface area (Å²) in [5.41, 5.74) is 0.411. The molecule has 0 aromatic carbocycles. The zero-order chi connectivity index (χ0) is 11.1. The molecule has 5 nitrogen and oxygen atoms in total. The lowest BCUT2D eigenvalue weighted by atomic mass is 10.2. The van der Waals surface area contributed by atoms with E-state index in [2.05, 4.69) is 9.97 Å². The molecule has 0 aliphatic carbocycles. The third kappa shape index (κ3) is 1.04. The van der Waals surface area contributed by atoms with Gasteiger partial charge >= 0.3 is 0 Å². The number of hydrogen-bond donors (Lipinski definition) is 1. The summed E-state index contributed by atoms with van der Waals surface area (Å²) in [7, 11) is 0. The first kappa shape index (κ1) is 8.68. The lowest BCUT2D eigenvalue weighted by molar-refractivity contribution is 0.638. The molecule has 0 saturated carbocycles. The predicted octanol–water partition coefficient (Wildman–Crippen LogP) is 1.54. The van der Waals surface area contributed by atoms with Gasteiger partial charge in [0.2, 0.25) is 11.4 Å². The maximum atomic E-state index is 11.4. The van der Waals surface area contributed by atoms with Gasteiger partial charge in [0.15, 0.2) is 0 Å². The summed E-state index contributed by atoms with van der Waals surface area (Å²) in [6, 6.07) is 6.95. The summed E-state index contributed by atoms with van der Waals surface area (Å²) in [4.78, 5) is 17.9. The molecule has 0 atom stereocenters. The van der Waals surface area contributed by atoms with Gasteiger partial charge in [0, 0.05) is 17.0 Å². The van der Waals surface area contributed by atoms with Gasteiger partial charge in [-0.1, -0.05) is 0 Å². The molecule has 0 bridgehead atoms. The van der Waals surface area contributed by atoms with E-state index in [9.17, 15) is 4.79 Å². The number of nitriles is 1. The smallest absolute Gasteiger partial charge is 0.268 e. The Labute approximate surface area is 88.9 Å². The topological polar surface area (TPSA) is 82.7 Å². The van der Waals surface area contributed by atoms with Crippen molar-refractivity contribution in [2.45, 2.75) is 0 Å².